The van der Waals surface area contributed by atoms with Gasteiger partial charge in [-0.3, -0.25) is 4.90 Å². The molecule has 0 saturated carbocycles. The highest BCUT2D eigenvalue weighted by Gasteiger charge is 2.33. The van der Waals surface area contributed by atoms with Gasteiger partial charge < -0.3 is 25.6 Å². The summed E-state index contributed by atoms with van der Waals surface area (Å²) in [4.78, 5) is 1.67. The lowest BCUT2D eigenvalue weighted by atomic mass is 10.0. The van der Waals surface area contributed by atoms with E-state index in [1.165, 1.54) is 12.1 Å². The number of fused-ring (bicyclic) bond motifs is 1. The molecular weight excluding hydrogens is 638 g/mol. The number of hydrogen-bond acceptors (Lipinski definition) is 10. The Kier molecular flexibility index (Phi) is 11.1. The second-order valence-electron chi connectivity index (χ2n) is 10.3. The second kappa shape index (κ2) is 14.6. The first-order valence-electron chi connectivity index (χ1n) is 13.7. The number of sulfonamides is 1. The summed E-state index contributed by atoms with van der Waals surface area (Å²) in [6.07, 6.45) is -7.64. The van der Waals surface area contributed by atoms with Crippen molar-refractivity contribution >= 4 is 42.8 Å². The van der Waals surface area contributed by atoms with Gasteiger partial charge in [0.1, 0.15) is 18.0 Å². The van der Waals surface area contributed by atoms with Crippen molar-refractivity contribution in [2.75, 3.05) is 50.0 Å². The summed E-state index contributed by atoms with van der Waals surface area (Å²) in [7, 11) is -4.04. The number of nitrogens with zero attached hydrogens (tertiary/aromatic N) is 2. The van der Waals surface area contributed by atoms with Crippen LogP contribution in [-0.4, -0.2) is 87.4 Å². The molecule has 242 valence electrons. The van der Waals surface area contributed by atoms with Crippen LogP contribution in [0.2, 0.25) is 0 Å². The lowest BCUT2D eigenvalue weighted by Crippen LogP contribution is -2.50. The molecule has 2 aromatic carbocycles. The number of likely N-dealkylation sites (tertiary alicyclic amines) is 1. The molecule has 0 radical (unpaired) electrons. The van der Waals surface area contributed by atoms with E-state index >= 15 is 4.39 Å². The molecule has 1 aliphatic heterocycles. The van der Waals surface area contributed by atoms with E-state index in [-0.39, 0.29) is 47.3 Å². The van der Waals surface area contributed by atoms with E-state index < -0.39 is 47.5 Å². The Morgan fingerprint density at radius 1 is 1.24 bits per heavy atom. The van der Waals surface area contributed by atoms with Crippen molar-refractivity contribution in [3.8, 4) is 23.7 Å². The third-order valence-corrected chi connectivity index (χ3v) is 9.09. The molecule has 3 aromatic rings. The van der Waals surface area contributed by atoms with Gasteiger partial charge in [0, 0.05) is 25.7 Å². The summed E-state index contributed by atoms with van der Waals surface area (Å²) in [5.41, 5.74) is 0.777. The van der Waals surface area contributed by atoms with E-state index in [9.17, 15) is 26.7 Å². The first kappa shape index (κ1) is 34.2. The fraction of sp³-hybridized carbons (Fsp3) is 0.414. The molecule has 10 nitrogen and oxygen atoms in total. The number of piperidine rings is 1. The van der Waals surface area contributed by atoms with Crippen molar-refractivity contribution in [3.63, 3.8) is 0 Å². The van der Waals surface area contributed by atoms with Crippen LogP contribution in [0.5, 0.6) is 5.75 Å². The number of ether oxygens (including phenoxy) is 1. The Hall–Kier alpha value is -3.64. The smallest absolute Gasteiger partial charge is 0.393 e. The fourth-order valence-electron chi connectivity index (χ4n) is 4.93. The summed E-state index contributed by atoms with van der Waals surface area (Å²) in [5, 5.41) is 39.2. The van der Waals surface area contributed by atoms with Crippen molar-refractivity contribution in [3.05, 3.63) is 46.8 Å². The van der Waals surface area contributed by atoms with Gasteiger partial charge in [-0.25, -0.2) is 17.9 Å². The summed E-state index contributed by atoms with van der Waals surface area (Å²) in [6.45, 7) is -0.225. The number of nitrogens with two attached hydrogens (primary N) is 1. The van der Waals surface area contributed by atoms with Gasteiger partial charge in [-0.05, 0) is 35.6 Å². The SMILES string of the molecule is N#CCOc1cc(S(N)(=O)=O)ccc1NCC#Cc1sc2c(NC3CCN(CC(O)CO)CC3F)cccc2c1CC(F)(F)F. The van der Waals surface area contributed by atoms with Crippen molar-refractivity contribution in [2.24, 2.45) is 5.14 Å². The number of benzene rings is 2. The van der Waals surface area contributed by atoms with Gasteiger partial charge in [-0.1, -0.05) is 24.0 Å². The van der Waals surface area contributed by atoms with Gasteiger partial charge in [0.2, 0.25) is 10.0 Å². The van der Waals surface area contributed by atoms with Crippen LogP contribution in [-0.2, 0) is 16.4 Å². The molecule has 0 aliphatic carbocycles. The maximum atomic E-state index is 15.1. The number of alkyl halides is 4. The zero-order valence-corrected chi connectivity index (χ0v) is 25.4. The fourth-order valence-corrected chi connectivity index (χ4v) is 6.63. The second-order valence-corrected chi connectivity index (χ2v) is 12.9. The summed E-state index contributed by atoms with van der Waals surface area (Å²) in [6, 6.07) is 9.77. The first-order valence-corrected chi connectivity index (χ1v) is 16.1. The Morgan fingerprint density at radius 2 is 2.02 bits per heavy atom. The topological polar surface area (TPSA) is 161 Å². The van der Waals surface area contributed by atoms with E-state index in [1.807, 2.05) is 0 Å². The Balaban J connectivity index is 1.57. The molecule has 16 heteroatoms. The van der Waals surface area contributed by atoms with Crippen LogP contribution in [0.15, 0.2) is 41.3 Å². The predicted octanol–water partition coefficient (Wildman–Crippen LogP) is 3.20. The van der Waals surface area contributed by atoms with Crippen molar-refractivity contribution in [1.29, 1.82) is 5.26 Å². The van der Waals surface area contributed by atoms with Gasteiger partial charge in [0.15, 0.2) is 6.61 Å². The number of nitriles is 1. The number of anilines is 2. The largest absolute Gasteiger partial charge is 0.477 e. The van der Waals surface area contributed by atoms with Crippen molar-refractivity contribution < 1.29 is 40.9 Å². The number of aliphatic hydroxyl groups is 2. The number of aliphatic hydroxyl groups excluding tert-OH is 2. The monoisotopic (exact) mass is 669 g/mol. The minimum absolute atomic E-state index is 0.00110. The number of thiophene rings is 1. The molecule has 3 atom stereocenters. The average molecular weight is 670 g/mol. The molecule has 1 aromatic heterocycles. The van der Waals surface area contributed by atoms with Crippen LogP contribution >= 0.6 is 11.3 Å². The number of primary sulfonamides is 1. The number of hydrogen-bond donors (Lipinski definition) is 5. The normalized spacial score (nSPS) is 18.1. The van der Waals surface area contributed by atoms with Crippen LogP contribution in [0.4, 0.5) is 28.9 Å². The summed E-state index contributed by atoms with van der Waals surface area (Å²) in [5.74, 6) is 5.63. The summed E-state index contributed by atoms with van der Waals surface area (Å²) < 4.78 is 85.2. The van der Waals surface area contributed by atoms with Crippen LogP contribution in [0.3, 0.4) is 0 Å². The number of halogens is 4. The van der Waals surface area contributed by atoms with Gasteiger partial charge >= 0.3 is 6.18 Å². The quantitative estimate of drug-likeness (QED) is 0.153. The van der Waals surface area contributed by atoms with Crippen LogP contribution in [0.1, 0.15) is 16.9 Å². The number of β-amino-alcohol motifs (C(OH)–C–C–N with tert-alkyl or cyclic N) is 1. The van der Waals surface area contributed by atoms with Gasteiger partial charge in [-0.2, -0.15) is 18.4 Å². The molecule has 1 saturated heterocycles. The molecule has 0 bridgehead atoms. The Bertz CT molecular complexity index is 1720. The van der Waals surface area contributed by atoms with E-state index in [4.69, 9.17) is 20.2 Å². The Morgan fingerprint density at radius 3 is 2.69 bits per heavy atom. The van der Waals surface area contributed by atoms with E-state index in [0.717, 1.165) is 17.4 Å². The number of rotatable bonds is 11. The van der Waals surface area contributed by atoms with E-state index in [2.05, 4.69) is 22.5 Å². The third kappa shape index (κ3) is 9.20. The molecule has 1 aliphatic rings. The predicted molar refractivity (Wildman–Crippen MR) is 162 cm³/mol. The zero-order chi connectivity index (χ0) is 32.8. The van der Waals surface area contributed by atoms with Gasteiger partial charge in [0.05, 0.1) is 57.6 Å². The van der Waals surface area contributed by atoms with Crippen molar-refractivity contribution in [2.45, 2.75) is 42.2 Å². The molecule has 2 heterocycles. The molecule has 0 amide bonds. The molecule has 1 fully saturated rings. The average Bonchev–Trinajstić information content (AvgIpc) is 3.31. The van der Waals surface area contributed by atoms with Crippen LogP contribution < -0.4 is 20.5 Å². The molecule has 6 N–H and O–H groups in total. The molecule has 4 rings (SSSR count). The third-order valence-electron chi connectivity index (χ3n) is 6.98. The minimum atomic E-state index is -4.51. The van der Waals surface area contributed by atoms with E-state index in [1.54, 1.807) is 29.2 Å². The zero-order valence-electron chi connectivity index (χ0n) is 23.8. The lowest BCUT2D eigenvalue weighted by molar-refractivity contribution is -0.126. The highest BCUT2D eigenvalue weighted by molar-refractivity contribution is 7.89. The molecule has 0 spiro atoms. The van der Waals surface area contributed by atoms with Crippen LogP contribution in [0.25, 0.3) is 10.1 Å². The number of nitrogens with one attached hydrogen (secondary N) is 2. The highest BCUT2D eigenvalue weighted by atomic mass is 32.2. The first-order chi connectivity index (χ1) is 21.3. The maximum Gasteiger partial charge on any atom is 0.393 e. The van der Waals surface area contributed by atoms with Gasteiger partial charge in [-0.15, -0.1) is 11.3 Å². The maximum absolute atomic E-state index is 15.1. The Labute approximate surface area is 261 Å². The standard InChI is InChI=1S/C29H31F4N5O5S2/c30-22-16-38(15-18(40)17-39)11-8-23(22)37-25-4-1-3-20-21(14-29(31,32)33)27(44-28(20)25)5-2-10-36-24-7-6-19(45(35,41)42)13-26(24)43-12-9-34/h1,3-4,6-7,13,18,22-23,36-37,39-40H,8,10-12,14-17H2,(H2,35,41,42). The summed E-state index contributed by atoms with van der Waals surface area (Å²) >= 11 is 1.06. The minimum Gasteiger partial charge on any atom is -0.477 e. The molecule has 3 unspecified atom stereocenters. The van der Waals surface area contributed by atoms with Crippen molar-refractivity contribution in [1.82, 2.24) is 4.90 Å². The molecule has 45 heavy (non-hydrogen) atoms. The molecular formula is C29H31F4N5O5S2. The van der Waals surface area contributed by atoms with Gasteiger partial charge in [0.25, 0.3) is 0 Å². The van der Waals surface area contributed by atoms with E-state index in [0.29, 0.717) is 34.4 Å². The lowest BCUT2D eigenvalue weighted by Gasteiger charge is -2.36. The highest BCUT2D eigenvalue weighted by Crippen LogP contribution is 2.39. The van der Waals surface area contributed by atoms with Crippen LogP contribution in [0, 0.1) is 23.2 Å².